The molecule has 1 aliphatic rings. The average Bonchev–Trinajstić information content (AvgIpc) is 2.47. The van der Waals surface area contributed by atoms with Gasteiger partial charge in [0.1, 0.15) is 10.3 Å². The molecule has 3 nitrogen and oxygen atoms in total. The third-order valence-electron chi connectivity index (χ3n) is 2.82. The molecule has 0 radical (unpaired) electrons. The Morgan fingerprint density at radius 3 is 3.06 bits per heavy atom. The van der Waals surface area contributed by atoms with Gasteiger partial charge < -0.3 is 4.74 Å². The van der Waals surface area contributed by atoms with Gasteiger partial charge in [-0.2, -0.15) is 0 Å². The van der Waals surface area contributed by atoms with E-state index in [2.05, 4.69) is 16.8 Å². The molecule has 17 heavy (non-hydrogen) atoms. The minimum atomic E-state index is 0.275. The predicted molar refractivity (Wildman–Crippen MR) is 69.6 cm³/mol. The van der Waals surface area contributed by atoms with Crippen molar-refractivity contribution < 1.29 is 4.74 Å². The van der Waals surface area contributed by atoms with E-state index in [9.17, 15) is 0 Å². The van der Waals surface area contributed by atoms with E-state index < -0.39 is 0 Å². The predicted octanol–water partition coefficient (Wildman–Crippen LogP) is 3.00. The van der Waals surface area contributed by atoms with Crippen LogP contribution in [0.3, 0.4) is 0 Å². The average molecular weight is 275 g/mol. The van der Waals surface area contributed by atoms with E-state index in [4.69, 9.17) is 27.9 Å². The van der Waals surface area contributed by atoms with Gasteiger partial charge in [0.15, 0.2) is 0 Å². The number of hydrogen-bond donors (Lipinski definition) is 0. The molecule has 0 aromatic carbocycles. The largest absolute Gasteiger partial charge is 0.377 e. The summed E-state index contributed by atoms with van der Waals surface area (Å²) in [6.07, 6.45) is 1.33. The first-order valence-corrected chi connectivity index (χ1v) is 6.55. The standard InChI is InChI=1S/C12H16Cl2N2O/c1-9-7-16(5-2-6-17-9)8-10-3-4-11(13)15-12(10)14/h3-4,9H,2,5-8H2,1H3. The van der Waals surface area contributed by atoms with Crippen molar-refractivity contribution in [2.24, 2.45) is 0 Å². The van der Waals surface area contributed by atoms with Gasteiger partial charge in [-0.25, -0.2) is 4.98 Å². The maximum Gasteiger partial charge on any atom is 0.135 e. The SMILES string of the molecule is CC1CN(Cc2ccc(Cl)nc2Cl)CCCO1. The molecule has 0 bridgehead atoms. The van der Waals surface area contributed by atoms with Crippen LogP contribution in [0.2, 0.25) is 10.3 Å². The first kappa shape index (κ1) is 13.1. The van der Waals surface area contributed by atoms with Gasteiger partial charge in [-0.3, -0.25) is 4.90 Å². The van der Waals surface area contributed by atoms with E-state index in [1.54, 1.807) is 6.07 Å². The van der Waals surface area contributed by atoms with Crippen LogP contribution in [0.5, 0.6) is 0 Å². The molecule has 0 N–H and O–H groups in total. The zero-order valence-electron chi connectivity index (χ0n) is 9.83. The molecule has 1 atom stereocenters. The maximum absolute atomic E-state index is 6.07. The molecule has 2 heterocycles. The summed E-state index contributed by atoms with van der Waals surface area (Å²) < 4.78 is 5.61. The number of pyridine rings is 1. The number of nitrogens with zero attached hydrogens (tertiary/aromatic N) is 2. The minimum absolute atomic E-state index is 0.275. The number of rotatable bonds is 2. The van der Waals surface area contributed by atoms with Crippen molar-refractivity contribution in [3.8, 4) is 0 Å². The van der Waals surface area contributed by atoms with Gasteiger partial charge in [0, 0.05) is 31.8 Å². The molecular formula is C12H16Cl2N2O. The van der Waals surface area contributed by atoms with Crippen molar-refractivity contribution in [1.82, 2.24) is 9.88 Å². The van der Waals surface area contributed by atoms with E-state index in [1.165, 1.54) is 0 Å². The van der Waals surface area contributed by atoms with Gasteiger partial charge in [0.05, 0.1) is 6.10 Å². The van der Waals surface area contributed by atoms with Gasteiger partial charge >= 0.3 is 0 Å². The van der Waals surface area contributed by atoms with E-state index in [1.807, 2.05) is 6.07 Å². The lowest BCUT2D eigenvalue weighted by Crippen LogP contribution is -2.29. The lowest BCUT2D eigenvalue weighted by molar-refractivity contribution is 0.0668. The normalized spacial score (nSPS) is 22.4. The van der Waals surface area contributed by atoms with Crippen molar-refractivity contribution in [2.75, 3.05) is 19.7 Å². The molecule has 94 valence electrons. The van der Waals surface area contributed by atoms with Crippen molar-refractivity contribution in [3.63, 3.8) is 0 Å². The molecule has 1 fully saturated rings. The first-order valence-electron chi connectivity index (χ1n) is 5.80. The van der Waals surface area contributed by atoms with Crippen LogP contribution in [0, 0.1) is 0 Å². The lowest BCUT2D eigenvalue weighted by Gasteiger charge is -2.22. The third kappa shape index (κ3) is 3.81. The molecule has 0 aliphatic carbocycles. The van der Waals surface area contributed by atoms with Gasteiger partial charge in [-0.1, -0.05) is 29.3 Å². The number of halogens is 2. The maximum atomic E-state index is 6.07. The second kappa shape index (κ2) is 6.01. The highest BCUT2D eigenvalue weighted by Crippen LogP contribution is 2.19. The van der Waals surface area contributed by atoms with Crippen LogP contribution in [0.15, 0.2) is 12.1 Å². The third-order valence-corrected chi connectivity index (χ3v) is 3.36. The summed E-state index contributed by atoms with van der Waals surface area (Å²) in [6, 6.07) is 3.72. The van der Waals surface area contributed by atoms with Crippen LogP contribution in [0.25, 0.3) is 0 Å². The summed E-state index contributed by atoms with van der Waals surface area (Å²) in [7, 11) is 0. The van der Waals surface area contributed by atoms with Gasteiger partial charge in [-0.05, 0) is 19.4 Å². The summed E-state index contributed by atoms with van der Waals surface area (Å²) in [5.74, 6) is 0. The topological polar surface area (TPSA) is 25.4 Å². The van der Waals surface area contributed by atoms with E-state index in [-0.39, 0.29) is 6.10 Å². The summed E-state index contributed by atoms with van der Waals surface area (Å²) in [4.78, 5) is 6.40. The molecular weight excluding hydrogens is 259 g/mol. The van der Waals surface area contributed by atoms with Crippen LogP contribution in [0.4, 0.5) is 0 Å². The van der Waals surface area contributed by atoms with Crippen LogP contribution < -0.4 is 0 Å². The van der Waals surface area contributed by atoms with Gasteiger partial charge in [0.2, 0.25) is 0 Å². The zero-order valence-corrected chi connectivity index (χ0v) is 11.3. The molecule has 1 aliphatic heterocycles. The molecule has 0 amide bonds. The van der Waals surface area contributed by atoms with E-state index in [0.717, 1.165) is 38.2 Å². The van der Waals surface area contributed by atoms with Crippen LogP contribution in [-0.4, -0.2) is 35.7 Å². The summed E-state index contributed by atoms with van der Waals surface area (Å²) in [5, 5.41) is 0.932. The smallest absolute Gasteiger partial charge is 0.135 e. The van der Waals surface area contributed by atoms with Gasteiger partial charge in [-0.15, -0.1) is 0 Å². The Morgan fingerprint density at radius 2 is 2.29 bits per heavy atom. The van der Waals surface area contributed by atoms with Crippen molar-refractivity contribution in [3.05, 3.63) is 28.0 Å². The molecule has 1 aromatic rings. The fourth-order valence-electron chi connectivity index (χ4n) is 2.02. The quantitative estimate of drug-likeness (QED) is 0.776. The Bertz CT molecular complexity index is 387. The fraction of sp³-hybridized carbons (Fsp3) is 0.583. The van der Waals surface area contributed by atoms with Crippen molar-refractivity contribution in [2.45, 2.75) is 26.0 Å². The van der Waals surface area contributed by atoms with E-state index >= 15 is 0 Å². The summed E-state index contributed by atoms with van der Waals surface area (Å²) in [5.41, 5.74) is 1.02. The first-order chi connectivity index (χ1) is 8.15. The van der Waals surface area contributed by atoms with E-state index in [0.29, 0.717) is 10.3 Å². The molecule has 1 aromatic heterocycles. The van der Waals surface area contributed by atoms with Crippen LogP contribution in [-0.2, 0) is 11.3 Å². The van der Waals surface area contributed by atoms with Crippen molar-refractivity contribution in [1.29, 1.82) is 0 Å². The highest BCUT2D eigenvalue weighted by molar-refractivity contribution is 6.32. The molecule has 5 heteroatoms. The number of hydrogen-bond acceptors (Lipinski definition) is 3. The Kier molecular flexibility index (Phi) is 4.62. The summed E-state index contributed by atoms with van der Waals surface area (Å²) in [6.45, 7) is 5.70. The van der Waals surface area contributed by atoms with Crippen LogP contribution >= 0.6 is 23.2 Å². The second-order valence-electron chi connectivity index (χ2n) is 4.35. The molecule has 0 saturated carbocycles. The Labute approximate surface area is 112 Å². The highest BCUT2D eigenvalue weighted by atomic mass is 35.5. The Hall–Kier alpha value is -0.350. The number of aromatic nitrogens is 1. The molecule has 1 unspecified atom stereocenters. The number of ether oxygens (including phenoxy) is 1. The zero-order chi connectivity index (χ0) is 12.3. The second-order valence-corrected chi connectivity index (χ2v) is 5.10. The minimum Gasteiger partial charge on any atom is -0.377 e. The molecule has 2 rings (SSSR count). The van der Waals surface area contributed by atoms with Crippen LogP contribution in [0.1, 0.15) is 18.9 Å². The van der Waals surface area contributed by atoms with Gasteiger partial charge in [0.25, 0.3) is 0 Å². The molecule has 0 spiro atoms. The molecule has 1 saturated heterocycles. The summed E-state index contributed by atoms with van der Waals surface area (Å²) >= 11 is 11.9. The fourth-order valence-corrected chi connectivity index (χ4v) is 2.43. The van der Waals surface area contributed by atoms with Crippen molar-refractivity contribution >= 4 is 23.2 Å². The Balaban J connectivity index is 2.03. The highest BCUT2D eigenvalue weighted by Gasteiger charge is 2.16. The monoisotopic (exact) mass is 274 g/mol. The Morgan fingerprint density at radius 1 is 1.47 bits per heavy atom. The lowest BCUT2D eigenvalue weighted by atomic mass is 10.2.